The minimum Gasteiger partial charge on any atom is -0.484 e. The molecule has 0 N–H and O–H groups in total. The molecule has 0 aromatic heterocycles. The summed E-state index contributed by atoms with van der Waals surface area (Å²) in [7, 11) is 1.85. The second-order valence-electron chi connectivity index (χ2n) is 5.82. The fourth-order valence-electron chi connectivity index (χ4n) is 2.49. The fourth-order valence-corrected chi connectivity index (χ4v) is 2.49. The summed E-state index contributed by atoms with van der Waals surface area (Å²) >= 11 is 0. The third-order valence-electron chi connectivity index (χ3n) is 4.01. The van der Waals surface area contributed by atoms with Gasteiger partial charge in [0.2, 0.25) is 0 Å². The van der Waals surface area contributed by atoms with E-state index < -0.39 is 0 Å². The molecule has 0 atom stereocenters. The average Bonchev–Trinajstić information content (AvgIpc) is 2.52. The zero-order valence-electron chi connectivity index (χ0n) is 13.2. The number of ether oxygens (including phenoxy) is 1. The summed E-state index contributed by atoms with van der Waals surface area (Å²) in [5.74, 6) is 0.783. The van der Waals surface area contributed by atoms with Crippen LogP contribution in [0.3, 0.4) is 0 Å². The van der Waals surface area contributed by atoms with Gasteiger partial charge < -0.3 is 14.5 Å². The van der Waals surface area contributed by atoms with Crippen molar-refractivity contribution in [3.8, 4) is 5.75 Å². The highest BCUT2D eigenvalue weighted by Gasteiger charge is 2.13. The van der Waals surface area contributed by atoms with Crippen LogP contribution in [0.1, 0.15) is 24.8 Å². The van der Waals surface area contributed by atoms with Crippen molar-refractivity contribution in [3.05, 3.63) is 29.8 Å². The molecule has 2 rings (SSSR count). The van der Waals surface area contributed by atoms with Crippen LogP contribution in [0, 0.1) is 6.92 Å². The maximum absolute atomic E-state index is 12.0. The van der Waals surface area contributed by atoms with Crippen LogP contribution in [0.4, 0.5) is 0 Å². The molecule has 4 heteroatoms. The first-order chi connectivity index (χ1) is 10.1. The van der Waals surface area contributed by atoms with Crippen molar-refractivity contribution in [3.63, 3.8) is 0 Å². The minimum atomic E-state index is 0.0348. The molecule has 1 aliphatic rings. The predicted octanol–water partition coefficient (Wildman–Crippen LogP) is 2.32. The first-order valence-corrected chi connectivity index (χ1v) is 7.81. The van der Waals surface area contributed by atoms with Crippen LogP contribution in [0.2, 0.25) is 0 Å². The molecule has 1 amide bonds. The number of piperidine rings is 1. The van der Waals surface area contributed by atoms with E-state index in [0.29, 0.717) is 0 Å². The number of hydrogen-bond donors (Lipinski definition) is 0. The Morgan fingerprint density at radius 1 is 1.19 bits per heavy atom. The number of nitrogens with zero attached hydrogens (tertiary/aromatic N) is 2. The Balaban J connectivity index is 1.68. The van der Waals surface area contributed by atoms with Gasteiger partial charge in [0, 0.05) is 20.1 Å². The second-order valence-corrected chi connectivity index (χ2v) is 5.82. The van der Waals surface area contributed by atoms with Gasteiger partial charge in [-0.05, 0) is 45.0 Å². The van der Waals surface area contributed by atoms with Gasteiger partial charge in [-0.2, -0.15) is 0 Å². The first-order valence-electron chi connectivity index (χ1n) is 7.81. The molecule has 0 saturated carbocycles. The lowest BCUT2D eigenvalue weighted by molar-refractivity contribution is -0.132. The van der Waals surface area contributed by atoms with Gasteiger partial charge in [0.15, 0.2) is 6.61 Å². The number of benzene rings is 1. The van der Waals surface area contributed by atoms with Gasteiger partial charge in [-0.15, -0.1) is 0 Å². The summed E-state index contributed by atoms with van der Waals surface area (Å²) in [6, 6.07) is 7.77. The molecule has 1 heterocycles. The zero-order chi connectivity index (χ0) is 15.1. The van der Waals surface area contributed by atoms with Gasteiger partial charge in [0.25, 0.3) is 5.91 Å². The van der Waals surface area contributed by atoms with Crippen LogP contribution < -0.4 is 4.74 Å². The Hall–Kier alpha value is -1.55. The van der Waals surface area contributed by atoms with E-state index in [-0.39, 0.29) is 12.5 Å². The van der Waals surface area contributed by atoms with Crippen molar-refractivity contribution in [1.29, 1.82) is 0 Å². The summed E-state index contributed by atoms with van der Waals surface area (Å²) in [4.78, 5) is 16.2. The smallest absolute Gasteiger partial charge is 0.260 e. The highest BCUT2D eigenvalue weighted by atomic mass is 16.5. The molecule has 1 aromatic rings. The Labute approximate surface area is 127 Å². The van der Waals surface area contributed by atoms with E-state index in [1.165, 1.54) is 37.9 Å². The molecule has 0 radical (unpaired) electrons. The molecular weight excluding hydrogens is 264 g/mol. The average molecular weight is 290 g/mol. The van der Waals surface area contributed by atoms with Gasteiger partial charge >= 0.3 is 0 Å². The Kier molecular flexibility index (Phi) is 6.05. The maximum Gasteiger partial charge on any atom is 0.260 e. The van der Waals surface area contributed by atoms with Gasteiger partial charge in [-0.3, -0.25) is 4.79 Å². The van der Waals surface area contributed by atoms with E-state index in [9.17, 15) is 4.79 Å². The van der Waals surface area contributed by atoms with Crippen LogP contribution in [-0.2, 0) is 4.79 Å². The molecule has 1 aliphatic heterocycles. The molecule has 21 heavy (non-hydrogen) atoms. The Morgan fingerprint density at radius 3 is 2.52 bits per heavy atom. The highest BCUT2D eigenvalue weighted by Crippen LogP contribution is 2.11. The summed E-state index contributed by atoms with van der Waals surface area (Å²) < 4.78 is 5.53. The molecule has 116 valence electrons. The molecule has 1 fully saturated rings. The van der Waals surface area contributed by atoms with Gasteiger partial charge in [-0.25, -0.2) is 0 Å². The Bertz CT molecular complexity index is 439. The van der Waals surface area contributed by atoms with E-state index in [2.05, 4.69) is 4.90 Å². The lowest BCUT2D eigenvalue weighted by atomic mass is 10.1. The van der Waals surface area contributed by atoms with Crippen LogP contribution in [0.25, 0.3) is 0 Å². The van der Waals surface area contributed by atoms with E-state index in [0.717, 1.165) is 18.8 Å². The summed E-state index contributed by atoms with van der Waals surface area (Å²) in [6.45, 7) is 6.22. The lowest BCUT2D eigenvalue weighted by Gasteiger charge is -2.28. The monoisotopic (exact) mass is 290 g/mol. The molecule has 0 spiro atoms. The number of carbonyl (C=O) groups is 1. The number of likely N-dealkylation sites (tertiary alicyclic amines) is 1. The quantitative estimate of drug-likeness (QED) is 0.806. The number of rotatable bonds is 6. The number of amides is 1. The summed E-state index contributed by atoms with van der Waals surface area (Å²) in [5, 5.41) is 0. The topological polar surface area (TPSA) is 32.8 Å². The lowest BCUT2D eigenvalue weighted by Crippen LogP contribution is -2.40. The molecule has 0 unspecified atom stereocenters. The van der Waals surface area contributed by atoms with E-state index >= 15 is 0 Å². The highest BCUT2D eigenvalue weighted by molar-refractivity contribution is 5.77. The van der Waals surface area contributed by atoms with Crippen molar-refractivity contribution in [2.75, 3.05) is 39.8 Å². The van der Waals surface area contributed by atoms with Crippen LogP contribution >= 0.6 is 0 Å². The maximum atomic E-state index is 12.0. The second kappa shape index (κ2) is 8.03. The van der Waals surface area contributed by atoms with Crippen molar-refractivity contribution in [1.82, 2.24) is 9.80 Å². The minimum absolute atomic E-state index is 0.0348. The fraction of sp³-hybridized carbons (Fsp3) is 0.588. The molecule has 0 bridgehead atoms. The van der Waals surface area contributed by atoms with Crippen molar-refractivity contribution >= 4 is 5.91 Å². The molecule has 4 nitrogen and oxygen atoms in total. The summed E-state index contributed by atoms with van der Waals surface area (Å²) in [5.41, 5.74) is 1.19. The van der Waals surface area contributed by atoms with Gasteiger partial charge in [0.1, 0.15) is 5.75 Å². The third-order valence-corrected chi connectivity index (χ3v) is 4.01. The summed E-state index contributed by atoms with van der Waals surface area (Å²) in [6.07, 6.45) is 3.91. The number of hydrogen-bond acceptors (Lipinski definition) is 3. The number of carbonyl (C=O) groups excluding carboxylic acids is 1. The van der Waals surface area contributed by atoms with E-state index in [1.54, 1.807) is 4.90 Å². The normalized spacial score (nSPS) is 15.7. The van der Waals surface area contributed by atoms with Crippen LogP contribution in [0.5, 0.6) is 5.75 Å². The van der Waals surface area contributed by atoms with E-state index in [4.69, 9.17) is 4.74 Å². The van der Waals surface area contributed by atoms with Crippen LogP contribution in [0.15, 0.2) is 24.3 Å². The zero-order valence-corrected chi connectivity index (χ0v) is 13.2. The van der Waals surface area contributed by atoms with Crippen molar-refractivity contribution in [2.45, 2.75) is 26.2 Å². The van der Waals surface area contributed by atoms with Gasteiger partial charge in [-0.1, -0.05) is 24.1 Å². The Morgan fingerprint density at radius 2 is 1.86 bits per heavy atom. The first kappa shape index (κ1) is 15.8. The van der Waals surface area contributed by atoms with E-state index in [1.807, 2.05) is 38.2 Å². The number of aryl methyl sites for hydroxylation is 1. The number of likely N-dealkylation sites (N-methyl/N-ethyl adjacent to an activating group) is 1. The van der Waals surface area contributed by atoms with Crippen LogP contribution in [-0.4, -0.2) is 55.5 Å². The van der Waals surface area contributed by atoms with Gasteiger partial charge in [0.05, 0.1) is 0 Å². The van der Waals surface area contributed by atoms with Crippen molar-refractivity contribution in [2.24, 2.45) is 0 Å². The standard InChI is InChI=1S/C17H26N2O2/c1-15-6-8-16(9-7-15)21-14-17(20)18(2)12-13-19-10-4-3-5-11-19/h6-9H,3-5,10-14H2,1-2H3. The van der Waals surface area contributed by atoms with Crippen molar-refractivity contribution < 1.29 is 9.53 Å². The predicted molar refractivity (Wildman–Crippen MR) is 84.6 cm³/mol. The third kappa shape index (κ3) is 5.38. The molecule has 1 saturated heterocycles. The molecule has 0 aliphatic carbocycles. The molecule has 1 aromatic carbocycles. The largest absolute Gasteiger partial charge is 0.484 e. The molecular formula is C17H26N2O2. The SMILES string of the molecule is Cc1ccc(OCC(=O)N(C)CCN2CCCCC2)cc1.